The van der Waals surface area contributed by atoms with Crippen LogP contribution in [0.25, 0.3) is 0 Å². The fraction of sp³-hybridized carbons (Fsp3) is 1.00. The zero-order valence-electron chi connectivity index (χ0n) is 10.6. The van der Waals surface area contributed by atoms with Crippen LogP contribution in [0, 0.1) is 5.92 Å². The third kappa shape index (κ3) is 4.52. The topological polar surface area (TPSA) is 32.3 Å². The number of nitrogens with one attached hydrogen (secondary N) is 1. The Morgan fingerprint density at radius 2 is 1.93 bits per heavy atom. The lowest BCUT2D eigenvalue weighted by molar-refractivity contribution is -0.0206. The standard InChI is InChI=1S/C13H27NO/c1-4-9-14-12-5-7-13(15,8-6-12)10-11(2)3/h11-12,14-15H,4-10H2,1-3H3. The molecule has 1 aliphatic carbocycles. The molecule has 0 radical (unpaired) electrons. The van der Waals surface area contributed by atoms with E-state index in [1.54, 1.807) is 0 Å². The molecule has 0 atom stereocenters. The SMILES string of the molecule is CCCNC1CCC(O)(CC(C)C)CC1. The van der Waals surface area contributed by atoms with Crippen LogP contribution in [0.15, 0.2) is 0 Å². The summed E-state index contributed by atoms with van der Waals surface area (Å²) in [5.74, 6) is 0.607. The van der Waals surface area contributed by atoms with Crippen LogP contribution >= 0.6 is 0 Å². The first-order valence-corrected chi connectivity index (χ1v) is 6.51. The molecule has 0 aromatic heterocycles. The maximum absolute atomic E-state index is 10.4. The number of aliphatic hydroxyl groups is 1. The Morgan fingerprint density at radius 3 is 2.40 bits per heavy atom. The molecule has 0 unspecified atom stereocenters. The van der Waals surface area contributed by atoms with E-state index in [-0.39, 0.29) is 5.60 Å². The Bertz CT molecular complexity index is 171. The van der Waals surface area contributed by atoms with Gasteiger partial charge in [-0.1, -0.05) is 20.8 Å². The van der Waals surface area contributed by atoms with Crippen molar-refractivity contribution in [3.63, 3.8) is 0 Å². The molecule has 1 aliphatic rings. The van der Waals surface area contributed by atoms with Gasteiger partial charge in [0.2, 0.25) is 0 Å². The monoisotopic (exact) mass is 213 g/mol. The summed E-state index contributed by atoms with van der Waals surface area (Å²) in [5, 5.41) is 13.9. The highest BCUT2D eigenvalue weighted by molar-refractivity contribution is 4.88. The molecule has 1 saturated carbocycles. The van der Waals surface area contributed by atoms with Crippen molar-refractivity contribution in [1.29, 1.82) is 0 Å². The molecular formula is C13H27NO. The molecule has 2 heteroatoms. The van der Waals surface area contributed by atoms with E-state index in [1.165, 1.54) is 6.42 Å². The van der Waals surface area contributed by atoms with Gasteiger partial charge < -0.3 is 10.4 Å². The van der Waals surface area contributed by atoms with Crippen molar-refractivity contribution in [2.45, 2.75) is 70.9 Å². The molecule has 0 amide bonds. The minimum Gasteiger partial charge on any atom is -0.390 e. The van der Waals surface area contributed by atoms with Crippen LogP contribution < -0.4 is 5.32 Å². The molecule has 90 valence electrons. The van der Waals surface area contributed by atoms with Crippen LogP contribution in [0.1, 0.15) is 59.3 Å². The van der Waals surface area contributed by atoms with E-state index in [2.05, 4.69) is 26.1 Å². The second-order valence-corrected chi connectivity index (χ2v) is 5.55. The van der Waals surface area contributed by atoms with E-state index in [0.29, 0.717) is 12.0 Å². The molecule has 0 aromatic carbocycles. The maximum Gasteiger partial charge on any atom is 0.0651 e. The second-order valence-electron chi connectivity index (χ2n) is 5.55. The largest absolute Gasteiger partial charge is 0.390 e. The summed E-state index contributed by atoms with van der Waals surface area (Å²) in [6.45, 7) is 7.71. The van der Waals surface area contributed by atoms with Crippen LogP contribution in [0.2, 0.25) is 0 Å². The minimum absolute atomic E-state index is 0.363. The van der Waals surface area contributed by atoms with Crippen molar-refractivity contribution >= 4 is 0 Å². The van der Waals surface area contributed by atoms with Crippen molar-refractivity contribution < 1.29 is 5.11 Å². The fourth-order valence-electron chi connectivity index (χ4n) is 2.67. The lowest BCUT2D eigenvalue weighted by Crippen LogP contribution is -2.42. The number of rotatable bonds is 5. The third-order valence-corrected chi connectivity index (χ3v) is 3.39. The molecule has 2 N–H and O–H groups in total. The van der Waals surface area contributed by atoms with Gasteiger partial charge in [-0.25, -0.2) is 0 Å². The molecule has 0 bridgehead atoms. The summed E-state index contributed by atoms with van der Waals surface area (Å²) >= 11 is 0. The molecule has 0 saturated heterocycles. The molecule has 1 fully saturated rings. The number of hydrogen-bond acceptors (Lipinski definition) is 2. The first-order chi connectivity index (χ1) is 7.06. The van der Waals surface area contributed by atoms with Gasteiger partial charge >= 0.3 is 0 Å². The summed E-state index contributed by atoms with van der Waals surface area (Å²) in [5.41, 5.74) is -0.363. The van der Waals surface area contributed by atoms with E-state index >= 15 is 0 Å². The zero-order chi connectivity index (χ0) is 11.3. The summed E-state index contributed by atoms with van der Waals surface area (Å²) < 4.78 is 0. The van der Waals surface area contributed by atoms with Crippen molar-refractivity contribution in [1.82, 2.24) is 5.32 Å². The first kappa shape index (κ1) is 13.0. The van der Waals surface area contributed by atoms with Crippen molar-refractivity contribution in [3.05, 3.63) is 0 Å². The van der Waals surface area contributed by atoms with Crippen molar-refractivity contribution in [2.24, 2.45) is 5.92 Å². The van der Waals surface area contributed by atoms with Crippen LogP contribution in [0.5, 0.6) is 0 Å². The summed E-state index contributed by atoms with van der Waals surface area (Å²) in [6.07, 6.45) is 6.41. The van der Waals surface area contributed by atoms with Crippen LogP contribution in [-0.2, 0) is 0 Å². The van der Waals surface area contributed by atoms with Gasteiger partial charge in [0.25, 0.3) is 0 Å². The Balaban J connectivity index is 2.27. The Morgan fingerprint density at radius 1 is 1.33 bits per heavy atom. The van der Waals surface area contributed by atoms with E-state index in [4.69, 9.17) is 0 Å². The average Bonchev–Trinajstić information content (AvgIpc) is 2.15. The van der Waals surface area contributed by atoms with Gasteiger partial charge in [0.15, 0.2) is 0 Å². The Kier molecular flexibility index (Phi) is 5.07. The third-order valence-electron chi connectivity index (χ3n) is 3.39. The van der Waals surface area contributed by atoms with Gasteiger partial charge in [-0.15, -0.1) is 0 Å². The molecule has 2 nitrogen and oxygen atoms in total. The van der Waals surface area contributed by atoms with Gasteiger partial charge in [-0.2, -0.15) is 0 Å². The molecule has 15 heavy (non-hydrogen) atoms. The van der Waals surface area contributed by atoms with Crippen LogP contribution in [-0.4, -0.2) is 23.3 Å². The highest BCUT2D eigenvalue weighted by Gasteiger charge is 2.33. The normalized spacial score (nSPS) is 32.2. The lowest BCUT2D eigenvalue weighted by Gasteiger charge is -2.37. The van der Waals surface area contributed by atoms with E-state index in [9.17, 15) is 5.11 Å². The highest BCUT2D eigenvalue weighted by atomic mass is 16.3. The van der Waals surface area contributed by atoms with Crippen molar-refractivity contribution in [2.75, 3.05) is 6.54 Å². The molecule has 0 aromatic rings. The summed E-state index contributed by atoms with van der Waals surface area (Å²) in [7, 11) is 0. The van der Waals surface area contributed by atoms with Crippen molar-refractivity contribution in [3.8, 4) is 0 Å². The van der Waals surface area contributed by atoms with E-state index in [1.807, 2.05) is 0 Å². The van der Waals surface area contributed by atoms with Gasteiger partial charge in [-0.3, -0.25) is 0 Å². The molecule has 0 spiro atoms. The summed E-state index contributed by atoms with van der Waals surface area (Å²) in [6, 6.07) is 0.650. The maximum atomic E-state index is 10.4. The average molecular weight is 213 g/mol. The van der Waals surface area contributed by atoms with Gasteiger partial charge in [0.05, 0.1) is 5.60 Å². The Labute approximate surface area is 94.5 Å². The zero-order valence-corrected chi connectivity index (χ0v) is 10.6. The fourth-order valence-corrected chi connectivity index (χ4v) is 2.67. The Hall–Kier alpha value is -0.0800. The molecule has 0 heterocycles. The van der Waals surface area contributed by atoms with Crippen LogP contribution in [0.3, 0.4) is 0 Å². The van der Waals surface area contributed by atoms with E-state index in [0.717, 1.165) is 38.6 Å². The van der Waals surface area contributed by atoms with E-state index < -0.39 is 0 Å². The highest BCUT2D eigenvalue weighted by Crippen LogP contribution is 2.33. The smallest absolute Gasteiger partial charge is 0.0651 e. The molecular weight excluding hydrogens is 186 g/mol. The van der Waals surface area contributed by atoms with Crippen LogP contribution in [0.4, 0.5) is 0 Å². The minimum atomic E-state index is -0.363. The predicted octanol–water partition coefficient (Wildman–Crippen LogP) is 2.71. The second kappa shape index (κ2) is 5.86. The predicted molar refractivity (Wildman–Crippen MR) is 65.0 cm³/mol. The quantitative estimate of drug-likeness (QED) is 0.736. The lowest BCUT2D eigenvalue weighted by atomic mass is 9.77. The molecule has 1 rings (SSSR count). The molecule has 0 aliphatic heterocycles. The van der Waals surface area contributed by atoms with Gasteiger partial charge in [0.1, 0.15) is 0 Å². The van der Waals surface area contributed by atoms with Gasteiger partial charge in [0, 0.05) is 6.04 Å². The van der Waals surface area contributed by atoms with Gasteiger partial charge in [-0.05, 0) is 51.0 Å². The summed E-state index contributed by atoms with van der Waals surface area (Å²) in [4.78, 5) is 0. The first-order valence-electron chi connectivity index (χ1n) is 6.51. The number of hydrogen-bond donors (Lipinski definition) is 2.